The van der Waals surface area contributed by atoms with Crippen molar-refractivity contribution in [2.24, 2.45) is 4.99 Å². The monoisotopic (exact) mass is 577 g/mol. The summed E-state index contributed by atoms with van der Waals surface area (Å²) in [5, 5.41) is 0.661. The lowest BCUT2D eigenvalue weighted by Crippen LogP contribution is -2.05. The number of cyclic esters (lactones) is 1. The first kappa shape index (κ1) is 23.3. The van der Waals surface area contributed by atoms with Crippen molar-refractivity contribution in [2.75, 3.05) is 6.61 Å². The number of halogens is 3. The molecule has 0 N–H and O–H groups in total. The van der Waals surface area contributed by atoms with Crippen molar-refractivity contribution in [1.29, 1.82) is 0 Å². The van der Waals surface area contributed by atoms with Crippen LogP contribution in [0.2, 0.25) is 5.02 Å². The Bertz CT molecular complexity index is 1260. The summed E-state index contributed by atoms with van der Waals surface area (Å²) < 4.78 is 31.4. The van der Waals surface area contributed by atoms with Gasteiger partial charge in [0.15, 0.2) is 17.2 Å². The standard InChI is InChI=1S/C25H18ClFINO4/c1-2-31-22-12-16(10-20(28)23(22)32-14-15-6-8-18(26)9-7-15)11-21-25(30)33-24(29-21)17-4-3-5-19(27)13-17/h3-13H,2,14H2,1H3/b21-11-. The van der Waals surface area contributed by atoms with Gasteiger partial charge in [-0.25, -0.2) is 14.2 Å². The molecule has 1 aliphatic rings. The van der Waals surface area contributed by atoms with Crippen LogP contribution < -0.4 is 9.47 Å². The number of carbonyl (C=O) groups is 1. The molecule has 0 amide bonds. The molecule has 0 bridgehead atoms. The molecular formula is C25H18ClFINO4. The van der Waals surface area contributed by atoms with Gasteiger partial charge in [0.2, 0.25) is 5.90 Å². The van der Waals surface area contributed by atoms with Crippen LogP contribution in [0, 0.1) is 9.39 Å². The lowest BCUT2D eigenvalue weighted by molar-refractivity contribution is -0.129. The van der Waals surface area contributed by atoms with Gasteiger partial charge in [-0.2, -0.15) is 0 Å². The second-order valence-corrected chi connectivity index (χ2v) is 8.62. The van der Waals surface area contributed by atoms with E-state index >= 15 is 0 Å². The van der Waals surface area contributed by atoms with Gasteiger partial charge >= 0.3 is 5.97 Å². The Hall–Kier alpha value is -2.91. The Morgan fingerprint density at radius 1 is 1.12 bits per heavy atom. The summed E-state index contributed by atoms with van der Waals surface area (Å²) in [4.78, 5) is 16.6. The highest BCUT2D eigenvalue weighted by Gasteiger charge is 2.25. The SMILES string of the molecule is CCOc1cc(/C=C2\N=C(c3cccc(F)c3)OC2=O)cc(I)c1OCc1ccc(Cl)cc1. The minimum Gasteiger partial charge on any atom is -0.490 e. The molecule has 3 aromatic rings. The average molecular weight is 578 g/mol. The molecule has 1 heterocycles. The Morgan fingerprint density at radius 3 is 2.64 bits per heavy atom. The number of nitrogens with zero attached hydrogens (tertiary/aromatic N) is 1. The van der Waals surface area contributed by atoms with E-state index in [2.05, 4.69) is 27.6 Å². The van der Waals surface area contributed by atoms with Crippen LogP contribution >= 0.6 is 34.2 Å². The van der Waals surface area contributed by atoms with Crippen LogP contribution in [-0.2, 0) is 16.1 Å². The van der Waals surface area contributed by atoms with Crippen LogP contribution in [-0.4, -0.2) is 18.5 Å². The van der Waals surface area contributed by atoms with Crippen molar-refractivity contribution in [3.05, 3.63) is 97.5 Å². The molecule has 0 aliphatic carbocycles. The van der Waals surface area contributed by atoms with E-state index in [9.17, 15) is 9.18 Å². The normalized spacial score (nSPS) is 14.2. The predicted octanol–water partition coefficient (Wildman–Crippen LogP) is 6.41. The summed E-state index contributed by atoms with van der Waals surface area (Å²) >= 11 is 8.10. The first-order valence-electron chi connectivity index (χ1n) is 10.0. The van der Waals surface area contributed by atoms with Crippen LogP contribution in [0.25, 0.3) is 6.08 Å². The fourth-order valence-electron chi connectivity index (χ4n) is 3.12. The Balaban J connectivity index is 1.61. The van der Waals surface area contributed by atoms with E-state index in [-0.39, 0.29) is 11.6 Å². The maximum Gasteiger partial charge on any atom is 0.363 e. The quantitative estimate of drug-likeness (QED) is 0.185. The fraction of sp³-hybridized carbons (Fsp3) is 0.120. The maximum atomic E-state index is 13.5. The van der Waals surface area contributed by atoms with Crippen molar-refractivity contribution < 1.29 is 23.4 Å². The highest BCUT2D eigenvalue weighted by atomic mass is 127. The molecule has 8 heteroatoms. The van der Waals surface area contributed by atoms with E-state index in [1.165, 1.54) is 18.2 Å². The number of aliphatic imine (C=N–C) groups is 1. The number of carbonyl (C=O) groups excluding carboxylic acids is 1. The molecule has 0 radical (unpaired) electrons. The van der Waals surface area contributed by atoms with E-state index in [4.69, 9.17) is 25.8 Å². The van der Waals surface area contributed by atoms with Crippen LogP contribution in [0.15, 0.2) is 71.4 Å². The highest BCUT2D eigenvalue weighted by molar-refractivity contribution is 14.1. The summed E-state index contributed by atoms with van der Waals surface area (Å²) in [6, 6.07) is 16.8. The van der Waals surface area contributed by atoms with E-state index in [1.807, 2.05) is 37.3 Å². The van der Waals surface area contributed by atoms with Crippen LogP contribution in [0.4, 0.5) is 4.39 Å². The number of hydrogen-bond acceptors (Lipinski definition) is 5. The van der Waals surface area contributed by atoms with Gasteiger partial charge in [0, 0.05) is 10.6 Å². The molecule has 4 rings (SSSR count). The van der Waals surface area contributed by atoms with Crippen molar-refractivity contribution in [2.45, 2.75) is 13.5 Å². The third-order valence-electron chi connectivity index (χ3n) is 4.62. The molecule has 0 spiro atoms. The summed E-state index contributed by atoms with van der Waals surface area (Å²) in [5.74, 6) is 0.172. The maximum absolute atomic E-state index is 13.5. The lowest BCUT2D eigenvalue weighted by Gasteiger charge is -2.15. The third-order valence-corrected chi connectivity index (χ3v) is 5.68. The minimum absolute atomic E-state index is 0.0633. The summed E-state index contributed by atoms with van der Waals surface area (Å²) in [5.41, 5.74) is 2.17. The first-order valence-corrected chi connectivity index (χ1v) is 11.5. The van der Waals surface area contributed by atoms with Crippen molar-refractivity contribution in [3.8, 4) is 11.5 Å². The van der Waals surface area contributed by atoms with Crippen LogP contribution in [0.3, 0.4) is 0 Å². The number of rotatable bonds is 7. The molecule has 33 heavy (non-hydrogen) atoms. The van der Waals surface area contributed by atoms with Crippen molar-refractivity contribution >= 4 is 52.1 Å². The zero-order valence-corrected chi connectivity index (χ0v) is 20.4. The first-order chi connectivity index (χ1) is 15.9. The largest absolute Gasteiger partial charge is 0.490 e. The smallest absolute Gasteiger partial charge is 0.363 e. The molecule has 0 saturated carbocycles. The summed E-state index contributed by atoms with van der Waals surface area (Å²) in [6.07, 6.45) is 1.60. The number of esters is 1. The second kappa shape index (κ2) is 10.4. The molecule has 0 aromatic heterocycles. The summed E-state index contributed by atoms with van der Waals surface area (Å²) in [7, 11) is 0. The van der Waals surface area contributed by atoms with Crippen molar-refractivity contribution in [3.63, 3.8) is 0 Å². The fourth-order valence-corrected chi connectivity index (χ4v) is 4.03. The molecular weight excluding hydrogens is 560 g/mol. The molecule has 0 atom stereocenters. The van der Waals surface area contributed by atoms with Gasteiger partial charge in [0.05, 0.1) is 10.2 Å². The second-order valence-electron chi connectivity index (χ2n) is 7.02. The number of hydrogen-bond donors (Lipinski definition) is 0. The van der Waals surface area contributed by atoms with E-state index in [0.717, 1.165) is 9.13 Å². The van der Waals surface area contributed by atoms with Gasteiger partial charge < -0.3 is 14.2 Å². The molecule has 0 unspecified atom stereocenters. The molecule has 5 nitrogen and oxygen atoms in total. The number of benzene rings is 3. The van der Waals surface area contributed by atoms with Gasteiger partial charge in [-0.05, 0) is 89.2 Å². The van der Waals surface area contributed by atoms with Gasteiger partial charge in [0.1, 0.15) is 12.4 Å². The van der Waals surface area contributed by atoms with Crippen LogP contribution in [0.5, 0.6) is 11.5 Å². The van der Waals surface area contributed by atoms with Gasteiger partial charge in [-0.3, -0.25) is 0 Å². The molecule has 3 aromatic carbocycles. The molecule has 168 valence electrons. The topological polar surface area (TPSA) is 57.1 Å². The van der Waals surface area contributed by atoms with E-state index < -0.39 is 11.8 Å². The molecule has 1 aliphatic heterocycles. The minimum atomic E-state index is -0.606. The zero-order valence-electron chi connectivity index (χ0n) is 17.5. The Labute approximate surface area is 209 Å². The molecule has 0 fully saturated rings. The Kier molecular flexibility index (Phi) is 7.29. The predicted molar refractivity (Wildman–Crippen MR) is 133 cm³/mol. The van der Waals surface area contributed by atoms with Gasteiger partial charge in [-0.15, -0.1) is 0 Å². The highest BCUT2D eigenvalue weighted by Crippen LogP contribution is 2.36. The molecule has 0 saturated heterocycles. The van der Waals surface area contributed by atoms with Crippen molar-refractivity contribution in [1.82, 2.24) is 0 Å². The van der Waals surface area contributed by atoms with Crippen LogP contribution in [0.1, 0.15) is 23.6 Å². The number of ether oxygens (including phenoxy) is 3. The van der Waals surface area contributed by atoms with E-state index in [0.29, 0.717) is 40.9 Å². The third kappa shape index (κ3) is 5.72. The van der Waals surface area contributed by atoms with Gasteiger partial charge in [-0.1, -0.05) is 29.8 Å². The van der Waals surface area contributed by atoms with E-state index in [1.54, 1.807) is 18.2 Å². The Morgan fingerprint density at radius 2 is 1.91 bits per heavy atom. The summed E-state index contributed by atoms with van der Waals surface area (Å²) in [6.45, 7) is 2.67. The average Bonchev–Trinajstić information content (AvgIpc) is 3.15. The zero-order chi connectivity index (χ0) is 23.4. The van der Waals surface area contributed by atoms with Gasteiger partial charge in [0.25, 0.3) is 0 Å². The lowest BCUT2D eigenvalue weighted by atomic mass is 10.1.